The fourth-order valence-electron chi connectivity index (χ4n) is 1.68. The molecule has 0 saturated heterocycles. The quantitative estimate of drug-likeness (QED) is 0.744. The Morgan fingerprint density at radius 3 is 2.47 bits per heavy atom. The van der Waals surface area contributed by atoms with Gasteiger partial charge in [-0.3, -0.25) is 14.8 Å². The lowest BCUT2D eigenvalue weighted by molar-refractivity contribution is 0.103. The first-order valence-corrected chi connectivity index (χ1v) is 5.17. The maximum Gasteiger partial charge on any atom is 0.196 e. The van der Waals surface area contributed by atoms with E-state index >= 15 is 0 Å². The number of hydrogen-bond acceptors (Lipinski definition) is 3. The van der Waals surface area contributed by atoms with Crippen molar-refractivity contribution in [1.29, 1.82) is 0 Å². The number of nitrogens with zero attached hydrogens (tertiary/aromatic N) is 2. The highest BCUT2D eigenvalue weighted by molar-refractivity contribution is 6.09. The Bertz CT molecular complexity index is 561. The fraction of sp³-hybridized carbons (Fsp3) is 0.154. The second-order valence-corrected chi connectivity index (χ2v) is 3.82. The summed E-state index contributed by atoms with van der Waals surface area (Å²) in [6.07, 6.45) is 2.44. The molecular weight excluding hydrogens is 219 g/mol. The van der Waals surface area contributed by atoms with Crippen LogP contribution in [0.2, 0.25) is 0 Å². The minimum atomic E-state index is -0.607. The van der Waals surface area contributed by atoms with E-state index in [0.29, 0.717) is 5.56 Å². The van der Waals surface area contributed by atoms with Gasteiger partial charge in [-0.15, -0.1) is 0 Å². The van der Waals surface area contributed by atoms with Crippen LogP contribution in [0, 0.1) is 19.7 Å². The molecule has 0 spiro atoms. The first-order valence-electron chi connectivity index (χ1n) is 5.17. The van der Waals surface area contributed by atoms with Crippen molar-refractivity contribution in [3.05, 3.63) is 58.9 Å². The highest BCUT2D eigenvalue weighted by Crippen LogP contribution is 2.14. The maximum absolute atomic E-state index is 13.4. The predicted molar refractivity (Wildman–Crippen MR) is 61.3 cm³/mol. The number of carbonyl (C=O) groups excluding carboxylic acids is 1. The molecule has 0 atom stereocenters. The molecule has 0 unspecified atom stereocenters. The molecule has 0 aliphatic carbocycles. The topological polar surface area (TPSA) is 42.9 Å². The number of halogens is 1. The van der Waals surface area contributed by atoms with E-state index in [-0.39, 0.29) is 11.3 Å². The Morgan fingerprint density at radius 1 is 1.24 bits per heavy atom. The van der Waals surface area contributed by atoms with Crippen molar-refractivity contribution in [1.82, 2.24) is 9.97 Å². The lowest BCUT2D eigenvalue weighted by Gasteiger charge is -2.04. The van der Waals surface area contributed by atoms with Crippen LogP contribution >= 0.6 is 0 Å². The van der Waals surface area contributed by atoms with Gasteiger partial charge >= 0.3 is 0 Å². The molecular formula is C13H11FN2O. The third kappa shape index (κ3) is 2.36. The largest absolute Gasteiger partial charge is 0.288 e. The van der Waals surface area contributed by atoms with Crippen molar-refractivity contribution in [2.45, 2.75) is 13.8 Å². The highest BCUT2D eigenvalue weighted by atomic mass is 19.1. The van der Waals surface area contributed by atoms with E-state index in [1.165, 1.54) is 12.3 Å². The van der Waals surface area contributed by atoms with Gasteiger partial charge in [0.15, 0.2) is 11.6 Å². The van der Waals surface area contributed by atoms with Gasteiger partial charge in [-0.2, -0.15) is 0 Å². The van der Waals surface area contributed by atoms with E-state index in [2.05, 4.69) is 9.97 Å². The molecule has 3 nitrogen and oxygen atoms in total. The first-order chi connectivity index (χ1) is 8.08. The van der Waals surface area contributed by atoms with Gasteiger partial charge in [-0.05, 0) is 32.0 Å². The lowest BCUT2D eigenvalue weighted by Crippen LogP contribution is -2.06. The van der Waals surface area contributed by atoms with Gasteiger partial charge in [0.2, 0.25) is 0 Å². The highest BCUT2D eigenvalue weighted by Gasteiger charge is 2.14. The first kappa shape index (κ1) is 11.4. The van der Waals surface area contributed by atoms with Crippen LogP contribution in [0.25, 0.3) is 0 Å². The van der Waals surface area contributed by atoms with Crippen LogP contribution in [0.4, 0.5) is 4.39 Å². The molecule has 0 amide bonds. The van der Waals surface area contributed by atoms with Gasteiger partial charge < -0.3 is 0 Å². The SMILES string of the molecule is Cc1cc(C(=O)c2ccncc2F)cc(C)n1. The van der Waals surface area contributed by atoms with E-state index in [0.717, 1.165) is 17.6 Å². The van der Waals surface area contributed by atoms with Crippen molar-refractivity contribution in [2.75, 3.05) is 0 Å². The van der Waals surface area contributed by atoms with Crippen molar-refractivity contribution < 1.29 is 9.18 Å². The number of aryl methyl sites for hydroxylation is 2. The number of rotatable bonds is 2. The molecule has 86 valence electrons. The molecule has 0 radical (unpaired) electrons. The standard InChI is InChI=1S/C13H11FN2O/c1-8-5-10(6-9(2)16-8)13(17)11-3-4-15-7-12(11)14/h3-7H,1-2H3. The fourth-order valence-corrected chi connectivity index (χ4v) is 1.68. The summed E-state index contributed by atoms with van der Waals surface area (Å²) in [7, 11) is 0. The zero-order valence-corrected chi connectivity index (χ0v) is 9.57. The zero-order valence-electron chi connectivity index (χ0n) is 9.57. The van der Waals surface area contributed by atoms with Gasteiger partial charge in [-0.25, -0.2) is 4.39 Å². The molecule has 2 heterocycles. The second kappa shape index (κ2) is 4.41. The van der Waals surface area contributed by atoms with Crippen LogP contribution in [0.1, 0.15) is 27.3 Å². The lowest BCUT2D eigenvalue weighted by atomic mass is 10.0. The number of carbonyl (C=O) groups is 1. The van der Waals surface area contributed by atoms with Gasteiger partial charge in [-0.1, -0.05) is 0 Å². The Hall–Kier alpha value is -2.10. The van der Waals surface area contributed by atoms with Crippen LogP contribution in [-0.2, 0) is 0 Å². The van der Waals surface area contributed by atoms with Crippen LogP contribution < -0.4 is 0 Å². The van der Waals surface area contributed by atoms with Crippen LogP contribution in [0.15, 0.2) is 30.6 Å². The summed E-state index contributed by atoms with van der Waals surface area (Å²) in [5, 5.41) is 0. The number of ketones is 1. The molecule has 0 aliphatic heterocycles. The third-order valence-electron chi connectivity index (χ3n) is 2.36. The smallest absolute Gasteiger partial charge is 0.196 e. The van der Waals surface area contributed by atoms with E-state index in [9.17, 15) is 9.18 Å². The van der Waals surface area contributed by atoms with Crippen molar-refractivity contribution in [2.24, 2.45) is 0 Å². The molecule has 0 aromatic carbocycles. The van der Waals surface area contributed by atoms with Crippen molar-refractivity contribution >= 4 is 5.78 Å². The third-order valence-corrected chi connectivity index (χ3v) is 2.36. The van der Waals surface area contributed by atoms with Gasteiger partial charge in [0.05, 0.1) is 11.8 Å². The molecule has 2 rings (SSSR count). The summed E-state index contributed by atoms with van der Waals surface area (Å²) >= 11 is 0. The summed E-state index contributed by atoms with van der Waals surface area (Å²) in [5.41, 5.74) is 1.95. The van der Waals surface area contributed by atoms with Crippen LogP contribution in [-0.4, -0.2) is 15.8 Å². The Kier molecular flexibility index (Phi) is 2.95. The van der Waals surface area contributed by atoms with E-state index in [1.807, 2.05) is 0 Å². The van der Waals surface area contributed by atoms with Gasteiger partial charge in [0.1, 0.15) is 0 Å². The summed E-state index contributed by atoms with van der Waals surface area (Å²) in [6, 6.07) is 4.67. The Morgan fingerprint density at radius 2 is 1.88 bits per heavy atom. The molecule has 4 heteroatoms. The van der Waals surface area contributed by atoms with E-state index in [1.54, 1.807) is 26.0 Å². The predicted octanol–water partition coefficient (Wildman–Crippen LogP) is 2.46. The summed E-state index contributed by atoms with van der Waals surface area (Å²) in [4.78, 5) is 19.9. The molecule has 17 heavy (non-hydrogen) atoms. The molecule has 2 aromatic rings. The minimum absolute atomic E-state index is 0.0324. The monoisotopic (exact) mass is 230 g/mol. The number of pyridine rings is 2. The Labute approximate surface area is 98.3 Å². The maximum atomic E-state index is 13.4. The summed E-state index contributed by atoms with van der Waals surface area (Å²) < 4.78 is 13.4. The average molecular weight is 230 g/mol. The molecule has 0 saturated carbocycles. The van der Waals surface area contributed by atoms with E-state index < -0.39 is 5.82 Å². The van der Waals surface area contributed by atoms with Gasteiger partial charge in [0.25, 0.3) is 0 Å². The van der Waals surface area contributed by atoms with Crippen LogP contribution in [0.5, 0.6) is 0 Å². The van der Waals surface area contributed by atoms with Crippen molar-refractivity contribution in [3.8, 4) is 0 Å². The second-order valence-electron chi connectivity index (χ2n) is 3.82. The summed E-state index contributed by atoms with van der Waals surface area (Å²) in [5.74, 6) is -0.955. The normalized spacial score (nSPS) is 10.3. The average Bonchev–Trinajstić information content (AvgIpc) is 2.27. The minimum Gasteiger partial charge on any atom is -0.288 e. The zero-order chi connectivity index (χ0) is 12.4. The number of hydrogen-bond donors (Lipinski definition) is 0. The molecule has 0 bridgehead atoms. The Balaban J connectivity index is 2.48. The molecule has 0 N–H and O–H groups in total. The molecule has 0 fully saturated rings. The van der Waals surface area contributed by atoms with E-state index in [4.69, 9.17) is 0 Å². The van der Waals surface area contributed by atoms with Crippen molar-refractivity contribution in [3.63, 3.8) is 0 Å². The molecule has 2 aromatic heterocycles. The summed E-state index contributed by atoms with van der Waals surface area (Å²) in [6.45, 7) is 3.60. The number of aromatic nitrogens is 2. The molecule has 0 aliphatic rings. The van der Waals surface area contributed by atoms with Crippen LogP contribution in [0.3, 0.4) is 0 Å². The van der Waals surface area contributed by atoms with Gasteiger partial charge in [0, 0.05) is 23.1 Å².